The SMILES string of the molecule is CCCCNC(=O)NC(C(=O)Nc1nnc(-c2ccc(C)cc2)s1)C(C)C. The van der Waals surface area contributed by atoms with Gasteiger partial charge in [0.15, 0.2) is 0 Å². The number of carbonyl (C=O) groups excluding carboxylic acids is 2. The molecule has 3 N–H and O–H groups in total. The van der Waals surface area contributed by atoms with Crippen LogP contribution in [-0.2, 0) is 4.79 Å². The summed E-state index contributed by atoms with van der Waals surface area (Å²) >= 11 is 1.30. The summed E-state index contributed by atoms with van der Waals surface area (Å²) in [6, 6.07) is 6.96. The van der Waals surface area contributed by atoms with E-state index in [9.17, 15) is 9.59 Å². The Kier molecular flexibility index (Phi) is 7.72. The molecule has 0 fully saturated rings. The third-order valence-corrected chi connectivity index (χ3v) is 4.89. The number of hydrogen-bond donors (Lipinski definition) is 3. The van der Waals surface area contributed by atoms with Crippen molar-refractivity contribution in [2.24, 2.45) is 5.92 Å². The van der Waals surface area contributed by atoms with Crippen molar-refractivity contribution in [1.82, 2.24) is 20.8 Å². The van der Waals surface area contributed by atoms with Gasteiger partial charge in [-0.05, 0) is 19.3 Å². The number of hydrogen-bond acceptors (Lipinski definition) is 5. The van der Waals surface area contributed by atoms with E-state index in [0.717, 1.165) is 23.4 Å². The zero-order valence-corrected chi connectivity index (χ0v) is 17.0. The van der Waals surface area contributed by atoms with Gasteiger partial charge in [0.2, 0.25) is 11.0 Å². The largest absolute Gasteiger partial charge is 0.338 e. The molecule has 0 spiro atoms. The predicted octanol–water partition coefficient (Wildman–Crippen LogP) is 3.58. The van der Waals surface area contributed by atoms with Crippen LogP contribution in [0.2, 0.25) is 0 Å². The molecule has 0 saturated carbocycles. The summed E-state index contributed by atoms with van der Waals surface area (Å²) in [7, 11) is 0. The molecule has 3 amide bonds. The fourth-order valence-corrected chi connectivity index (χ4v) is 3.13. The van der Waals surface area contributed by atoms with E-state index in [1.165, 1.54) is 16.9 Å². The summed E-state index contributed by atoms with van der Waals surface area (Å²) < 4.78 is 0. The van der Waals surface area contributed by atoms with Gasteiger partial charge < -0.3 is 10.6 Å². The first-order chi connectivity index (χ1) is 12.9. The molecule has 146 valence electrons. The Morgan fingerprint density at radius 3 is 2.48 bits per heavy atom. The highest BCUT2D eigenvalue weighted by Crippen LogP contribution is 2.26. The Labute approximate surface area is 164 Å². The number of nitrogens with one attached hydrogen (secondary N) is 3. The van der Waals surface area contributed by atoms with E-state index >= 15 is 0 Å². The number of urea groups is 1. The molecular formula is C19H27N5O2S. The Bertz CT molecular complexity index is 758. The standard InChI is InChI=1S/C19H27N5O2S/c1-5-6-11-20-18(26)21-15(12(2)3)16(25)22-19-24-23-17(27-19)14-9-7-13(4)8-10-14/h7-10,12,15H,5-6,11H2,1-4H3,(H2,20,21,26)(H,22,24,25). The van der Waals surface area contributed by atoms with Gasteiger partial charge in [0.05, 0.1) is 0 Å². The summed E-state index contributed by atoms with van der Waals surface area (Å²) in [5.74, 6) is -0.367. The first-order valence-corrected chi connectivity index (χ1v) is 9.98. The Morgan fingerprint density at radius 2 is 1.85 bits per heavy atom. The summed E-state index contributed by atoms with van der Waals surface area (Å²) in [6.07, 6.45) is 1.90. The molecule has 2 aromatic rings. The van der Waals surface area contributed by atoms with Crippen LogP contribution >= 0.6 is 11.3 Å². The smallest absolute Gasteiger partial charge is 0.315 e. The zero-order chi connectivity index (χ0) is 19.8. The number of anilines is 1. The summed E-state index contributed by atoms with van der Waals surface area (Å²) in [4.78, 5) is 24.6. The average molecular weight is 390 g/mol. The molecule has 1 heterocycles. The molecule has 0 aliphatic carbocycles. The lowest BCUT2D eigenvalue weighted by Gasteiger charge is -2.21. The minimum absolute atomic E-state index is 0.0635. The van der Waals surface area contributed by atoms with Gasteiger partial charge in [-0.25, -0.2) is 4.79 Å². The molecule has 27 heavy (non-hydrogen) atoms. The lowest BCUT2D eigenvalue weighted by molar-refractivity contribution is -0.118. The van der Waals surface area contributed by atoms with Crippen LogP contribution in [-0.4, -0.2) is 34.7 Å². The summed E-state index contributed by atoms with van der Waals surface area (Å²) in [6.45, 7) is 8.43. The Balaban J connectivity index is 1.98. The minimum atomic E-state index is -0.654. The van der Waals surface area contributed by atoms with E-state index in [4.69, 9.17) is 0 Å². The maximum Gasteiger partial charge on any atom is 0.315 e. The number of amides is 3. The second kappa shape index (κ2) is 10.0. The highest BCUT2D eigenvalue weighted by molar-refractivity contribution is 7.18. The zero-order valence-electron chi connectivity index (χ0n) is 16.2. The van der Waals surface area contributed by atoms with Crippen LogP contribution in [0.1, 0.15) is 39.2 Å². The van der Waals surface area contributed by atoms with Gasteiger partial charge in [-0.1, -0.05) is 68.4 Å². The van der Waals surface area contributed by atoms with E-state index in [2.05, 4.69) is 33.1 Å². The quantitative estimate of drug-likeness (QED) is 0.601. The number of unbranched alkanes of at least 4 members (excludes halogenated alkanes) is 1. The topological polar surface area (TPSA) is 96.0 Å². The van der Waals surface area contributed by atoms with Crippen molar-refractivity contribution in [2.75, 3.05) is 11.9 Å². The fraction of sp³-hybridized carbons (Fsp3) is 0.474. The Morgan fingerprint density at radius 1 is 1.15 bits per heavy atom. The van der Waals surface area contributed by atoms with Crippen LogP contribution in [0.25, 0.3) is 10.6 Å². The third-order valence-electron chi connectivity index (χ3n) is 4.01. The second-order valence-corrected chi connectivity index (χ2v) is 7.72. The lowest BCUT2D eigenvalue weighted by atomic mass is 10.0. The van der Waals surface area contributed by atoms with Crippen molar-refractivity contribution in [3.63, 3.8) is 0 Å². The van der Waals surface area contributed by atoms with Crippen LogP contribution in [0, 0.1) is 12.8 Å². The van der Waals surface area contributed by atoms with E-state index in [1.54, 1.807) is 0 Å². The number of benzene rings is 1. The molecule has 0 bridgehead atoms. The Hall–Kier alpha value is -2.48. The molecule has 8 heteroatoms. The number of rotatable bonds is 8. The fourth-order valence-electron chi connectivity index (χ4n) is 2.38. The average Bonchev–Trinajstić information content (AvgIpc) is 3.08. The highest BCUT2D eigenvalue weighted by Gasteiger charge is 2.25. The normalized spacial score (nSPS) is 11.9. The number of aromatic nitrogens is 2. The van der Waals surface area contributed by atoms with Gasteiger partial charge in [-0.2, -0.15) is 0 Å². The van der Waals surface area contributed by atoms with Crippen LogP contribution in [0.4, 0.5) is 9.93 Å². The van der Waals surface area contributed by atoms with Crippen LogP contribution in [0.3, 0.4) is 0 Å². The molecule has 1 aromatic carbocycles. The number of aryl methyl sites for hydroxylation is 1. The van der Waals surface area contributed by atoms with Crippen molar-refractivity contribution in [1.29, 1.82) is 0 Å². The summed E-state index contributed by atoms with van der Waals surface area (Å²) in [5.41, 5.74) is 2.12. The molecule has 0 radical (unpaired) electrons. The molecule has 1 atom stereocenters. The maximum absolute atomic E-state index is 12.6. The van der Waals surface area contributed by atoms with E-state index in [0.29, 0.717) is 11.7 Å². The van der Waals surface area contributed by atoms with Gasteiger partial charge in [0.25, 0.3) is 0 Å². The molecule has 0 saturated heterocycles. The molecule has 2 rings (SSSR count). The van der Waals surface area contributed by atoms with Gasteiger partial charge in [0.1, 0.15) is 11.0 Å². The number of carbonyl (C=O) groups is 2. The van der Waals surface area contributed by atoms with Gasteiger partial charge in [0, 0.05) is 12.1 Å². The van der Waals surface area contributed by atoms with E-state index in [-0.39, 0.29) is 17.9 Å². The van der Waals surface area contributed by atoms with Crippen LogP contribution in [0.15, 0.2) is 24.3 Å². The lowest BCUT2D eigenvalue weighted by Crippen LogP contribution is -2.50. The second-order valence-electron chi connectivity index (χ2n) is 6.74. The molecule has 1 aromatic heterocycles. The van der Waals surface area contributed by atoms with Crippen LogP contribution < -0.4 is 16.0 Å². The maximum atomic E-state index is 12.6. The van der Waals surface area contributed by atoms with Crippen LogP contribution in [0.5, 0.6) is 0 Å². The van der Waals surface area contributed by atoms with E-state index < -0.39 is 6.04 Å². The highest BCUT2D eigenvalue weighted by atomic mass is 32.1. The predicted molar refractivity (Wildman–Crippen MR) is 109 cm³/mol. The van der Waals surface area contributed by atoms with Gasteiger partial charge in [-0.3, -0.25) is 10.1 Å². The third kappa shape index (κ3) is 6.32. The van der Waals surface area contributed by atoms with Crippen molar-refractivity contribution < 1.29 is 9.59 Å². The van der Waals surface area contributed by atoms with Crippen molar-refractivity contribution in [3.8, 4) is 10.6 Å². The molecule has 0 aliphatic heterocycles. The van der Waals surface area contributed by atoms with Crippen molar-refractivity contribution in [3.05, 3.63) is 29.8 Å². The monoisotopic (exact) mass is 389 g/mol. The molecular weight excluding hydrogens is 362 g/mol. The summed E-state index contributed by atoms with van der Waals surface area (Å²) in [5, 5.41) is 17.6. The minimum Gasteiger partial charge on any atom is -0.338 e. The number of nitrogens with zero attached hydrogens (tertiary/aromatic N) is 2. The van der Waals surface area contributed by atoms with Gasteiger partial charge >= 0.3 is 6.03 Å². The first kappa shape index (κ1) is 20.8. The van der Waals surface area contributed by atoms with Crippen molar-refractivity contribution >= 4 is 28.4 Å². The van der Waals surface area contributed by atoms with E-state index in [1.807, 2.05) is 45.0 Å². The first-order valence-electron chi connectivity index (χ1n) is 9.16. The molecule has 7 nitrogen and oxygen atoms in total. The van der Waals surface area contributed by atoms with Gasteiger partial charge in [-0.15, -0.1) is 10.2 Å². The molecule has 0 aliphatic rings. The molecule has 1 unspecified atom stereocenters. The van der Waals surface area contributed by atoms with Crippen molar-refractivity contribution in [2.45, 2.75) is 46.6 Å².